The molecule has 14 heteroatoms. The fraction of sp³-hybridized carbons (Fsp3) is 0.833. The van der Waals surface area contributed by atoms with Crippen LogP contribution in [-0.2, 0) is 23.9 Å². The molecule has 186 valence electrons. The van der Waals surface area contributed by atoms with Crippen LogP contribution < -0.4 is 5.73 Å². The third-order valence-electron chi connectivity index (χ3n) is 4.90. The Balaban J connectivity index is 2.53. The average Bonchev–Trinajstić information content (AvgIpc) is 2.67. The van der Waals surface area contributed by atoms with Crippen molar-refractivity contribution in [1.82, 2.24) is 0 Å². The van der Waals surface area contributed by atoms with E-state index in [1.807, 2.05) is 0 Å². The number of esters is 1. The summed E-state index contributed by atoms with van der Waals surface area (Å²) in [5, 5.41) is 58.0. The van der Waals surface area contributed by atoms with Crippen molar-refractivity contribution >= 4 is 39.5 Å². The summed E-state index contributed by atoms with van der Waals surface area (Å²) >= 11 is 0. The van der Waals surface area contributed by atoms with Gasteiger partial charge in [-0.2, -0.15) is 0 Å². The van der Waals surface area contributed by atoms with Gasteiger partial charge in [0.15, 0.2) is 0 Å². The van der Waals surface area contributed by atoms with E-state index >= 15 is 0 Å². The van der Waals surface area contributed by atoms with Crippen molar-refractivity contribution in [1.29, 1.82) is 0 Å². The average molecular weight is 502 g/mol. The van der Waals surface area contributed by atoms with Crippen LogP contribution in [-0.4, -0.2) is 97.0 Å². The Kier molecular flexibility index (Phi) is 11.7. The number of carbonyl (C=O) groups is 3. The summed E-state index contributed by atoms with van der Waals surface area (Å²) in [6, 6.07) is 0. The Morgan fingerprint density at radius 3 is 2.22 bits per heavy atom. The maximum absolute atomic E-state index is 12.1. The second-order valence-electron chi connectivity index (χ2n) is 7.81. The Bertz CT molecular complexity index is 652. The lowest BCUT2D eigenvalue weighted by Gasteiger charge is -2.43. The minimum atomic E-state index is -2.71. The van der Waals surface area contributed by atoms with Crippen LogP contribution in [0.5, 0.6) is 0 Å². The highest BCUT2D eigenvalue weighted by Gasteiger charge is 2.52. The molecular formula is C18H31NO11S2. The molecular weight excluding hydrogens is 470 g/mol. The van der Waals surface area contributed by atoms with Gasteiger partial charge in [0.05, 0.1) is 36.1 Å². The molecule has 4 unspecified atom stereocenters. The van der Waals surface area contributed by atoms with Crippen molar-refractivity contribution in [3.05, 3.63) is 0 Å². The second kappa shape index (κ2) is 12.9. The first-order chi connectivity index (χ1) is 14.8. The van der Waals surface area contributed by atoms with Gasteiger partial charge in [0, 0.05) is 24.3 Å². The first-order valence-corrected chi connectivity index (χ1v) is 12.3. The SMILES string of the molecule is C[C@H](CSSC[C@@H](C)C(=O)OC[C@@H](O)CC1OC(O)(C(=O)O)CC(O)C1[C@@H](N)O)C(=O)O. The van der Waals surface area contributed by atoms with Gasteiger partial charge in [-0.3, -0.25) is 9.59 Å². The van der Waals surface area contributed by atoms with Gasteiger partial charge in [-0.15, -0.1) is 0 Å². The molecule has 12 nitrogen and oxygen atoms in total. The van der Waals surface area contributed by atoms with Crippen molar-refractivity contribution in [2.75, 3.05) is 18.1 Å². The molecule has 1 fully saturated rings. The molecule has 0 amide bonds. The predicted molar refractivity (Wildman–Crippen MR) is 114 cm³/mol. The highest BCUT2D eigenvalue weighted by molar-refractivity contribution is 8.76. The number of hydrogen-bond acceptors (Lipinski definition) is 12. The molecule has 0 spiro atoms. The minimum absolute atomic E-state index is 0.358. The number of hydrogen-bond donors (Lipinski definition) is 7. The number of nitrogens with two attached hydrogens (primary N) is 1. The lowest BCUT2D eigenvalue weighted by molar-refractivity contribution is -0.296. The number of ether oxygens (including phenoxy) is 2. The molecule has 0 saturated carbocycles. The van der Waals surface area contributed by atoms with Crippen LogP contribution in [0, 0.1) is 17.8 Å². The summed E-state index contributed by atoms with van der Waals surface area (Å²) in [4.78, 5) is 34.1. The van der Waals surface area contributed by atoms with E-state index in [2.05, 4.69) is 0 Å². The monoisotopic (exact) mass is 501 g/mol. The van der Waals surface area contributed by atoms with Gasteiger partial charge in [0.1, 0.15) is 12.8 Å². The molecule has 32 heavy (non-hydrogen) atoms. The first kappa shape index (κ1) is 28.9. The molecule has 1 aliphatic heterocycles. The van der Waals surface area contributed by atoms with Gasteiger partial charge >= 0.3 is 17.9 Å². The van der Waals surface area contributed by atoms with E-state index < -0.39 is 79.0 Å². The molecule has 0 radical (unpaired) electrons. The standard InChI is InChI=1S/C18H31NO11S2/c1-8(15(23)24)6-31-32-7-9(2)16(25)29-5-10(20)3-12-13(14(19)22)11(21)4-18(28,30-12)17(26)27/h8-14,20-22,28H,3-7,19H2,1-2H3,(H,23,24)(H,26,27)/t8-,9-,10+,11?,12?,13?,14+,18?/m1/s1. The molecule has 1 saturated heterocycles. The van der Waals surface area contributed by atoms with Crippen LogP contribution in [0.3, 0.4) is 0 Å². The normalized spacial score (nSPS) is 29.5. The van der Waals surface area contributed by atoms with Crippen molar-refractivity contribution in [3.63, 3.8) is 0 Å². The van der Waals surface area contributed by atoms with E-state index in [1.54, 1.807) is 13.8 Å². The van der Waals surface area contributed by atoms with Gasteiger partial charge in [-0.1, -0.05) is 35.4 Å². The molecule has 0 bridgehead atoms. The minimum Gasteiger partial charge on any atom is -0.481 e. The van der Waals surface area contributed by atoms with Crippen molar-refractivity contribution < 1.29 is 54.5 Å². The molecule has 1 rings (SSSR count). The molecule has 0 aromatic rings. The van der Waals surface area contributed by atoms with Crippen molar-refractivity contribution in [3.8, 4) is 0 Å². The molecule has 0 aliphatic carbocycles. The zero-order valence-electron chi connectivity index (χ0n) is 17.7. The smallest absolute Gasteiger partial charge is 0.364 e. The van der Waals surface area contributed by atoms with E-state index in [4.69, 9.17) is 25.4 Å². The summed E-state index contributed by atoms with van der Waals surface area (Å²) in [6.45, 7) is 2.72. The Morgan fingerprint density at radius 1 is 1.16 bits per heavy atom. The molecule has 1 aliphatic rings. The molecule has 8 atom stereocenters. The summed E-state index contributed by atoms with van der Waals surface area (Å²) in [5.74, 6) is -7.46. The van der Waals surface area contributed by atoms with E-state index in [9.17, 15) is 34.8 Å². The van der Waals surface area contributed by atoms with Crippen molar-refractivity contribution in [2.45, 2.75) is 57.0 Å². The third-order valence-corrected chi connectivity index (χ3v) is 7.66. The first-order valence-electron chi connectivity index (χ1n) is 9.85. The Hall–Kier alpha value is -1.13. The third kappa shape index (κ3) is 8.67. The zero-order valence-corrected chi connectivity index (χ0v) is 19.3. The summed E-state index contributed by atoms with van der Waals surface area (Å²) in [5.41, 5.74) is 5.43. The lowest BCUT2D eigenvalue weighted by Crippen LogP contribution is -2.60. The number of aliphatic carboxylic acids is 2. The summed E-state index contributed by atoms with van der Waals surface area (Å²) in [7, 11) is 2.64. The zero-order chi connectivity index (χ0) is 24.6. The maximum atomic E-state index is 12.1. The number of aliphatic hydroxyl groups excluding tert-OH is 3. The van der Waals surface area contributed by atoms with Gasteiger partial charge < -0.3 is 45.8 Å². The van der Waals surface area contributed by atoms with Gasteiger partial charge in [0.25, 0.3) is 5.79 Å². The molecule has 0 aromatic carbocycles. The van der Waals surface area contributed by atoms with Crippen LogP contribution in [0.25, 0.3) is 0 Å². The van der Waals surface area contributed by atoms with Crippen LogP contribution in [0.15, 0.2) is 0 Å². The van der Waals surface area contributed by atoms with Gasteiger partial charge in [-0.05, 0) is 0 Å². The number of rotatable bonds is 13. The summed E-state index contributed by atoms with van der Waals surface area (Å²) in [6.07, 6.45) is -6.88. The predicted octanol–water partition coefficient (Wildman–Crippen LogP) is -1.16. The van der Waals surface area contributed by atoms with Gasteiger partial charge in [0.2, 0.25) is 0 Å². The summed E-state index contributed by atoms with van der Waals surface area (Å²) < 4.78 is 10.2. The fourth-order valence-electron chi connectivity index (χ4n) is 2.93. The number of carbonyl (C=O) groups excluding carboxylic acids is 1. The number of carboxylic acid groups (broad SMARTS) is 2. The lowest BCUT2D eigenvalue weighted by atomic mass is 9.83. The van der Waals surface area contributed by atoms with E-state index in [0.717, 1.165) is 0 Å². The Morgan fingerprint density at radius 2 is 1.72 bits per heavy atom. The van der Waals surface area contributed by atoms with Crippen molar-refractivity contribution in [2.24, 2.45) is 23.5 Å². The van der Waals surface area contributed by atoms with Crippen LogP contribution in [0.4, 0.5) is 0 Å². The largest absolute Gasteiger partial charge is 0.481 e. The Labute approximate surface area is 192 Å². The topological polar surface area (TPSA) is 217 Å². The number of aliphatic hydroxyl groups is 4. The second-order valence-corrected chi connectivity index (χ2v) is 10.4. The van der Waals surface area contributed by atoms with E-state index in [-0.39, 0.29) is 6.42 Å². The molecule has 0 aromatic heterocycles. The highest BCUT2D eigenvalue weighted by Crippen LogP contribution is 2.35. The highest BCUT2D eigenvalue weighted by atomic mass is 33.1. The fourth-order valence-corrected chi connectivity index (χ4v) is 5.61. The van der Waals surface area contributed by atoms with E-state index in [0.29, 0.717) is 11.5 Å². The quantitative estimate of drug-likeness (QED) is 0.0685. The van der Waals surface area contributed by atoms with Crippen LogP contribution >= 0.6 is 21.6 Å². The van der Waals surface area contributed by atoms with Gasteiger partial charge in [-0.25, -0.2) is 4.79 Å². The number of carboxylic acids is 2. The molecule has 8 N–H and O–H groups in total. The molecule has 1 heterocycles. The van der Waals surface area contributed by atoms with E-state index in [1.165, 1.54) is 21.6 Å². The maximum Gasteiger partial charge on any atom is 0.364 e. The van der Waals surface area contributed by atoms with Crippen LogP contribution in [0.1, 0.15) is 26.7 Å². The van der Waals surface area contributed by atoms with Crippen LogP contribution in [0.2, 0.25) is 0 Å².